The van der Waals surface area contributed by atoms with Gasteiger partial charge in [-0.2, -0.15) is 13.2 Å². The van der Waals surface area contributed by atoms with E-state index >= 15 is 0 Å². The summed E-state index contributed by atoms with van der Waals surface area (Å²) in [5.74, 6) is 4.59. The third kappa shape index (κ3) is 7.18. The summed E-state index contributed by atoms with van der Waals surface area (Å²) in [6, 6.07) is 24.8. The van der Waals surface area contributed by atoms with Crippen molar-refractivity contribution >= 4 is 22.8 Å². The van der Waals surface area contributed by atoms with Crippen LogP contribution in [0.15, 0.2) is 91.4 Å². The lowest BCUT2D eigenvalue weighted by atomic mass is 9.80. The number of nitrogens with zero attached hydrogens (tertiary/aromatic N) is 3. The summed E-state index contributed by atoms with van der Waals surface area (Å²) >= 11 is 0. The maximum Gasteiger partial charge on any atom is 0.471 e. The monoisotopic (exact) mass is 701 g/mol. The summed E-state index contributed by atoms with van der Waals surface area (Å²) in [5.41, 5.74) is 8.12. The lowest BCUT2D eigenvalue weighted by Gasteiger charge is -2.37. The number of anilines is 1. The third-order valence-corrected chi connectivity index (χ3v) is 8.61. The van der Waals surface area contributed by atoms with Crippen LogP contribution in [0.5, 0.6) is 11.5 Å². The Morgan fingerprint density at radius 1 is 0.980 bits per heavy atom. The van der Waals surface area contributed by atoms with Crippen LogP contribution in [0.3, 0.4) is 0 Å². The molecule has 5 aromatic rings. The van der Waals surface area contributed by atoms with Gasteiger partial charge in [0.05, 0.1) is 44.4 Å². The number of aliphatic hydroxyl groups excluding tert-OH is 1. The molecule has 51 heavy (non-hydrogen) atoms. The van der Waals surface area contributed by atoms with E-state index in [-0.39, 0.29) is 18.8 Å². The minimum Gasteiger partial charge on any atom is -0.497 e. The van der Waals surface area contributed by atoms with Crippen LogP contribution in [0.2, 0.25) is 0 Å². The van der Waals surface area contributed by atoms with Gasteiger partial charge in [-0.1, -0.05) is 66.4 Å². The second-order valence-corrected chi connectivity index (χ2v) is 11.6. The molecule has 11 nitrogen and oxygen atoms in total. The minimum absolute atomic E-state index is 0.0352. The zero-order valence-electron chi connectivity index (χ0n) is 27.6. The lowest BCUT2D eigenvalue weighted by Crippen LogP contribution is -2.38. The van der Waals surface area contributed by atoms with Crippen molar-refractivity contribution in [3.63, 3.8) is 0 Å². The fraction of sp³-hybridized carbons (Fsp3) is 0.270. The first-order chi connectivity index (χ1) is 24.5. The average Bonchev–Trinajstić information content (AvgIpc) is 3.71. The van der Waals surface area contributed by atoms with E-state index in [1.807, 2.05) is 78.9 Å². The van der Waals surface area contributed by atoms with Crippen LogP contribution in [-0.2, 0) is 19.9 Å². The number of alkyl halides is 3. The number of aliphatic hydroxyl groups is 1. The number of methoxy groups -OCH3 is 2. The molecule has 0 radical (unpaired) electrons. The molecule has 1 saturated heterocycles. The topological polar surface area (TPSA) is 143 Å². The number of carbonyl (C=O) groups excluding carboxylic acids is 1. The Hall–Kier alpha value is -5.62. The number of hydrogen-bond acceptors (Lipinski definition) is 9. The van der Waals surface area contributed by atoms with E-state index in [4.69, 9.17) is 24.7 Å². The number of benzene rings is 3. The van der Waals surface area contributed by atoms with E-state index in [0.29, 0.717) is 28.1 Å². The van der Waals surface area contributed by atoms with Gasteiger partial charge in [0.25, 0.3) is 0 Å². The van der Waals surface area contributed by atoms with E-state index < -0.39 is 42.7 Å². The number of halogens is 3. The summed E-state index contributed by atoms with van der Waals surface area (Å²) < 4.78 is 63.6. The molecule has 14 heteroatoms. The SMILES string of the molecule is COc1ccc(C(OC[C@H]2O[C@@H](n3cc(C#CCNC(=O)C(F)(F)F)c4c(N)ncnc43)C[C@@H]2O)(c2ccccc2)c2ccc(OC)cc2)cc1. The molecule has 0 aliphatic carbocycles. The highest BCUT2D eigenvalue weighted by Crippen LogP contribution is 2.43. The summed E-state index contributed by atoms with van der Waals surface area (Å²) in [6.07, 6.45) is -4.52. The van der Waals surface area contributed by atoms with Gasteiger partial charge in [0.2, 0.25) is 0 Å². The smallest absolute Gasteiger partial charge is 0.471 e. The van der Waals surface area contributed by atoms with Gasteiger partial charge in [-0.05, 0) is 41.0 Å². The highest BCUT2D eigenvalue weighted by molar-refractivity contribution is 5.92. The Morgan fingerprint density at radius 2 is 1.59 bits per heavy atom. The van der Waals surface area contributed by atoms with Crippen molar-refractivity contribution in [1.82, 2.24) is 19.9 Å². The molecule has 3 heterocycles. The second-order valence-electron chi connectivity index (χ2n) is 11.6. The van der Waals surface area contributed by atoms with Crippen LogP contribution in [-0.4, -0.2) is 71.3 Å². The van der Waals surface area contributed by atoms with Gasteiger partial charge < -0.3 is 39.7 Å². The number of carbonyl (C=O) groups is 1. The summed E-state index contributed by atoms with van der Waals surface area (Å²) in [4.78, 5) is 19.6. The molecule has 6 rings (SSSR count). The van der Waals surface area contributed by atoms with Crippen LogP contribution >= 0.6 is 0 Å². The van der Waals surface area contributed by atoms with Gasteiger partial charge in [-0.15, -0.1) is 0 Å². The van der Waals surface area contributed by atoms with Gasteiger partial charge in [-0.3, -0.25) is 4.79 Å². The van der Waals surface area contributed by atoms with E-state index in [9.17, 15) is 23.1 Å². The predicted octanol–water partition coefficient (Wildman–Crippen LogP) is 4.72. The fourth-order valence-corrected chi connectivity index (χ4v) is 6.10. The fourth-order valence-electron chi connectivity index (χ4n) is 6.10. The molecule has 0 bridgehead atoms. The van der Waals surface area contributed by atoms with Crippen LogP contribution in [0, 0.1) is 11.8 Å². The summed E-state index contributed by atoms with van der Waals surface area (Å²) in [6.45, 7) is -0.589. The molecule has 1 aliphatic rings. The molecule has 1 fully saturated rings. The van der Waals surface area contributed by atoms with Gasteiger partial charge in [0.1, 0.15) is 47.2 Å². The van der Waals surface area contributed by atoms with Crippen molar-refractivity contribution in [3.05, 3.63) is 114 Å². The molecule has 264 valence electrons. The van der Waals surface area contributed by atoms with Crippen molar-refractivity contribution in [1.29, 1.82) is 0 Å². The highest BCUT2D eigenvalue weighted by Gasteiger charge is 2.42. The highest BCUT2D eigenvalue weighted by atomic mass is 19.4. The summed E-state index contributed by atoms with van der Waals surface area (Å²) in [7, 11) is 3.19. The summed E-state index contributed by atoms with van der Waals surface area (Å²) in [5, 5.41) is 13.4. The Kier molecular flexibility index (Phi) is 10.1. The first-order valence-corrected chi connectivity index (χ1v) is 15.8. The van der Waals surface area contributed by atoms with Crippen LogP contribution in [0.25, 0.3) is 11.0 Å². The second kappa shape index (κ2) is 14.7. The Morgan fingerprint density at radius 3 is 2.18 bits per heavy atom. The molecule has 0 unspecified atom stereocenters. The Balaban J connectivity index is 1.31. The molecule has 3 aromatic carbocycles. The van der Waals surface area contributed by atoms with Crippen LogP contribution in [0.1, 0.15) is 34.9 Å². The van der Waals surface area contributed by atoms with Gasteiger partial charge in [-0.25, -0.2) is 9.97 Å². The van der Waals surface area contributed by atoms with E-state index in [2.05, 4.69) is 21.8 Å². The predicted molar refractivity (Wildman–Crippen MR) is 181 cm³/mol. The van der Waals surface area contributed by atoms with Crippen molar-refractivity contribution in [2.45, 2.75) is 36.6 Å². The van der Waals surface area contributed by atoms with Crippen molar-refractivity contribution in [2.24, 2.45) is 0 Å². The first-order valence-electron chi connectivity index (χ1n) is 15.8. The molecule has 2 aromatic heterocycles. The normalized spacial score (nSPS) is 17.5. The first kappa shape index (κ1) is 35.2. The van der Waals surface area contributed by atoms with E-state index in [1.165, 1.54) is 6.33 Å². The largest absolute Gasteiger partial charge is 0.497 e. The zero-order valence-corrected chi connectivity index (χ0v) is 27.6. The Bertz CT molecular complexity index is 2000. The molecule has 3 atom stereocenters. The van der Waals surface area contributed by atoms with E-state index in [1.54, 1.807) is 30.3 Å². The molecular formula is C37H34F3N5O6. The van der Waals surface area contributed by atoms with Gasteiger partial charge >= 0.3 is 12.1 Å². The molecular weight excluding hydrogens is 667 g/mol. The number of nitrogen functional groups attached to an aromatic ring is 1. The molecule has 1 amide bonds. The number of amides is 1. The van der Waals surface area contributed by atoms with Crippen molar-refractivity contribution in [3.8, 4) is 23.3 Å². The number of ether oxygens (including phenoxy) is 4. The molecule has 4 N–H and O–H groups in total. The van der Waals surface area contributed by atoms with Gasteiger partial charge in [0.15, 0.2) is 0 Å². The number of hydrogen-bond donors (Lipinski definition) is 3. The number of aromatic nitrogens is 3. The standard InChI is InChI=1S/C37H34F3N5O6/c1-48-27-14-10-25(11-15-27)36(24-8-4-3-5-9-24,26-12-16-28(49-2)17-13-26)50-21-30-29(46)19-31(51-30)45-20-23(32-33(41)43-22-44-34(32)45)7-6-18-42-35(47)37(38,39)40/h3-5,8-17,20,22,29-31,46H,18-19,21H2,1-2H3,(H,42,47)(H2,41,43,44)/t29-,30+,31+/m0/s1. The maximum atomic E-state index is 12.6. The molecule has 1 aliphatic heterocycles. The third-order valence-electron chi connectivity index (χ3n) is 8.61. The molecule has 0 spiro atoms. The average molecular weight is 702 g/mol. The van der Waals surface area contributed by atoms with Crippen LogP contribution in [0.4, 0.5) is 19.0 Å². The Labute approximate surface area is 291 Å². The number of nitrogens with one attached hydrogen (secondary N) is 1. The zero-order chi connectivity index (χ0) is 36.2. The number of nitrogens with two attached hydrogens (primary N) is 1. The van der Waals surface area contributed by atoms with Crippen molar-refractivity contribution < 1.29 is 42.0 Å². The number of rotatable bonds is 10. The van der Waals surface area contributed by atoms with Gasteiger partial charge in [0, 0.05) is 12.6 Å². The quantitative estimate of drug-likeness (QED) is 0.139. The number of fused-ring (bicyclic) bond motifs is 1. The minimum atomic E-state index is -5.03. The van der Waals surface area contributed by atoms with E-state index in [0.717, 1.165) is 16.7 Å². The van der Waals surface area contributed by atoms with Crippen LogP contribution < -0.4 is 20.5 Å². The molecule has 0 saturated carbocycles. The maximum absolute atomic E-state index is 12.6. The lowest BCUT2D eigenvalue weighted by molar-refractivity contribution is -0.173. The van der Waals surface area contributed by atoms with Crippen molar-refractivity contribution in [2.75, 3.05) is 33.1 Å².